The van der Waals surface area contributed by atoms with Crippen molar-refractivity contribution in [3.63, 3.8) is 0 Å². The van der Waals surface area contributed by atoms with Gasteiger partial charge in [0.15, 0.2) is 0 Å². The summed E-state index contributed by atoms with van der Waals surface area (Å²) in [4.78, 5) is 91.6. The van der Waals surface area contributed by atoms with Gasteiger partial charge in [-0.05, 0) is 61.7 Å². The van der Waals surface area contributed by atoms with Gasteiger partial charge >= 0.3 is 0 Å². The van der Waals surface area contributed by atoms with Crippen LogP contribution in [0.5, 0.6) is 0 Å². The summed E-state index contributed by atoms with van der Waals surface area (Å²) < 4.78 is 0. The van der Waals surface area contributed by atoms with E-state index in [9.17, 15) is 28.8 Å². The maximum Gasteiger partial charge on any atom is 0.289 e. The zero-order valence-corrected chi connectivity index (χ0v) is 29.5. The number of amides is 5. The van der Waals surface area contributed by atoms with E-state index in [2.05, 4.69) is 43.7 Å². The molecule has 274 valence electrons. The number of aromatic nitrogens is 2. The van der Waals surface area contributed by atoms with Crippen LogP contribution in [0.1, 0.15) is 101 Å². The van der Waals surface area contributed by atoms with Crippen LogP contribution >= 0.6 is 0 Å². The molecular formula is C38H51N7O6. The third kappa shape index (κ3) is 9.01. The molecular weight excluding hydrogens is 650 g/mol. The third-order valence-electron chi connectivity index (χ3n) is 11.3. The highest BCUT2D eigenvalue weighted by molar-refractivity contribution is 6.38. The number of Topliss-reactive ketones (excluding diaryl/α,β-unsaturated/α-hetero) is 1. The number of fused-ring (bicyclic) bond motifs is 1. The average Bonchev–Trinajstić information content (AvgIpc) is 3.81. The van der Waals surface area contributed by atoms with E-state index < -0.39 is 59.0 Å². The second-order valence-electron chi connectivity index (χ2n) is 14.9. The zero-order valence-electron chi connectivity index (χ0n) is 29.5. The van der Waals surface area contributed by atoms with E-state index in [-0.39, 0.29) is 48.7 Å². The van der Waals surface area contributed by atoms with Gasteiger partial charge in [0.2, 0.25) is 23.5 Å². The Kier molecular flexibility index (Phi) is 12.6. The van der Waals surface area contributed by atoms with Crippen molar-refractivity contribution in [2.45, 2.75) is 115 Å². The number of terminal acetylenes is 1. The van der Waals surface area contributed by atoms with Crippen molar-refractivity contribution in [3.05, 3.63) is 36.9 Å². The van der Waals surface area contributed by atoms with Crippen LogP contribution in [-0.2, 0) is 24.0 Å². The second-order valence-corrected chi connectivity index (χ2v) is 14.9. The van der Waals surface area contributed by atoms with Gasteiger partial charge in [-0.2, -0.15) is 0 Å². The number of rotatable bonds is 15. The van der Waals surface area contributed by atoms with Gasteiger partial charge < -0.3 is 26.2 Å². The molecule has 51 heavy (non-hydrogen) atoms. The van der Waals surface area contributed by atoms with Gasteiger partial charge in [-0.1, -0.05) is 51.5 Å². The van der Waals surface area contributed by atoms with Crippen molar-refractivity contribution in [3.8, 4) is 12.3 Å². The summed E-state index contributed by atoms with van der Waals surface area (Å²) in [6, 6.07) is -3.85. The summed E-state index contributed by atoms with van der Waals surface area (Å²) >= 11 is 0. The lowest BCUT2D eigenvalue weighted by Crippen LogP contribution is -2.63. The smallest absolute Gasteiger partial charge is 0.289 e. The quantitative estimate of drug-likeness (QED) is 0.122. The number of carbonyl (C=O) groups is 6. The monoisotopic (exact) mass is 701 g/mol. The largest absolute Gasteiger partial charge is 0.346 e. The summed E-state index contributed by atoms with van der Waals surface area (Å²) in [5.74, 6) is -1.11. The molecule has 4 fully saturated rings. The van der Waals surface area contributed by atoms with E-state index in [0.29, 0.717) is 19.4 Å². The molecule has 6 atom stereocenters. The van der Waals surface area contributed by atoms with Crippen LogP contribution in [0.3, 0.4) is 0 Å². The predicted molar refractivity (Wildman–Crippen MR) is 188 cm³/mol. The molecule has 0 bridgehead atoms. The lowest BCUT2D eigenvalue weighted by atomic mass is 9.69. The number of hydrogen-bond donors (Lipinski definition) is 4. The van der Waals surface area contributed by atoms with Crippen LogP contribution in [0.4, 0.5) is 0 Å². The van der Waals surface area contributed by atoms with E-state index in [4.69, 9.17) is 6.42 Å². The first-order valence-electron chi connectivity index (χ1n) is 18.4. The van der Waals surface area contributed by atoms with E-state index in [0.717, 1.165) is 57.8 Å². The van der Waals surface area contributed by atoms with Crippen LogP contribution in [0.2, 0.25) is 0 Å². The molecule has 4 aliphatic rings. The van der Waals surface area contributed by atoms with E-state index >= 15 is 0 Å². The zero-order chi connectivity index (χ0) is 36.5. The molecule has 1 aromatic rings. The van der Waals surface area contributed by atoms with Gasteiger partial charge in [0, 0.05) is 31.9 Å². The SMILES string of the molecule is C#CCCC(NC(=O)[C@@H]1[C@H]2C[C@H]2CN1C(=O)[C@@H](NC(=O)[C@@H](NC(=O)c1cnccn1)C1CCCCC1)C1(C)CCCCC1)C(=O)C(=O)NCC=C. The lowest BCUT2D eigenvalue weighted by molar-refractivity contribution is -0.147. The highest BCUT2D eigenvalue weighted by atomic mass is 16.2. The Labute approximate surface area is 299 Å². The predicted octanol–water partition coefficient (Wildman–Crippen LogP) is 2.23. The van der Waals surface area contributed by atoms with Crippen molar-refractivity contribution >= 4 is 35.3 Å². The Hall–Kier alpha value is -4.60. The van der Waals surface area contributed by atoms with Crippen LogP contribution in [0.25, 0.3) is 0 Å². The molecule has 13 heteroatoms. The summed E-state index contributed by atoms with van der Waals surface area (Å²) in [7, 11) is 0. The number of nitrogens with zero attached hydrogens (tertiary/aromatic N) is 3. The van der Waals surface area contributed by atoms with Crippen LogP contribution in [-0.4, -0.2) is 87.4 Å². The fraction of sp³-hybridized carbons (Fsp3) is 0.632. The molecule has 4 N–H and O–H groups in total. The second kappa shape index (κ2) is 17.1. The van der Waals surface area contributed by atoms with Gasteiger partial charge in [-0.15, -0.1) is 18.9 Å². The van der Waals surface area contributed by atoms with E-state index in [1.165, 1.54) is 24.7 Å². The number of ketones is 1. The molecule has 1 aliphatic heterocycles. The maximum absolute atomic E-state index is 14.8. The minimum Gasteiger partial charge on any atom is -0.346 e. The van der Waals surface area contributed by atoms with E-state index in [1.807, 2.05) is 6.92 Å². The fourth-order valence-corrected chi connectivity index (χ4v) is 8.27. The highest BCUT2D eigenvalue weighted by Crippen LogP contribution is 2.51. The van der Waals surface area contributed by atoms with Crippen molar-refractivity contribution < 1.29 is 28.8 Å². The Bertz CT molecular complexity index is 1510. The molecule has 13 nitrogen and oxygen atoms in total. The van der Waals surface area contributed by atoms with Crippen LogP contribution < -0.4 is 21.3 Å². The number of carbonyl (C=O) groups excluding carboxylic acids is 6. The normalized spacial score (nSPS) is 24.0. The first kappa shape index (κ1) is 37.7. The molecule has 0 aromatic carbocycles. The van der Waals surface area contributed by atoms with Crippen LogP contribution in [0.15, 0.2) is 31.2 Å². The molecule has 5 amide bonds. The molecule has 3 aliphatic carbocycles. The number of hydrogen-bond acceptors (Lipinski definition) is 8. The van der Waals surface area contributed by atoms with Crippen molar-refractivity contribution in [1.82, 2.24) is 36.1 Å². The first-order chi connectivity index (χ1) is 24.6. The summed E-state index contributed by atoms with van der Waals surface area (Å²) in [6.07, 6.45) is 20.8. The molecule has 1 saturated heterocycles. The van der Waals surface area contributed by atoms with Crippen LogP contribution in [0, 0.1) is 35.5 Å². The third-order valence-corrected chi connectivity index (χ3v) is 11.3. The van der Waals surface area contributed by atoms with Crippen molar-refractivity contribution in [2.24, 2.45) is 23.2 Å². The van der Waals surface area contributed by atoms with Gasteiger partial charge in [-0.3, -0.25) is 33.8 Å². The minimum atomic E-state index is -1.16. The Morgan fingerprint density at radius 1 is 1.04 bits per heavy atom. The van der Waals surface area contributed by atoms with Gasteiger partial charge in [0.1, 0.15) is 23.8 Å². The molecule has 1 unspecified atom stereocenters. The number of likely N-dealkylation sites (tertiary alicyclic amines) is 1. The molecule has 5 rings (SSSR count). The van der Waals surface area contributed by atoms with Crippen molar-refractivity contribution in [1.29, 1.82) is 0 Å². The molecule has 2 heterocycles. The molecule has 1 aromatic heterocycles. The van der Waals surface area contributed by atoms with Gasteiger partial charge in [0.05, 0.1) is 12.2 Å². The standard InChI is InChI=1S/C38H51N7O6/c1-4-6-15-27(31(46)36(50)41-18-5-2)42-35(49)30-26-21-25(26)23-45(30)37(51)32(38(3)16-11-8-12-17-38)44-34(48)29(24-13-9-7-10-14-24)43-33(47)28-22-39-19-20-40-28/h1,5,19-20,22,24-27,29-30,32H,2,6-18,21,23H2,3H3,(H,41,50)(H,42,49)(H,43,47)(H,44,48)/t25-,26-,27?,29-,30-,32+/m0/s1. The van der Waals surface area contributed by atoms with Crippen molar-refractivity contribution in [2.75, 3.05) is 13.1 Å². The van der Waals surface area contributed by atoms with Gasteiger partial charge in [0.25, 0.3) is 11.8 Å². The summed E-state index contributed by atoms with van der Waals surface area (Å²) in [5, 5.41) is 11.2. The maximum atomic E-state index is 14.8. The Morgan fingerprint density at radius 2 is 1.76 bits per heavy atom. The highest BCUT2D eigenvalue weighted by Gasteiger charge is 2.59. The first-order valence-corrected chi connectivity index (χ1v) is 18.4. The van der Waals surface area contributed by atoms with Gasteiger partial charge in [-0.25, -0.2) is 4.98 Å². The lowest BCUT2D eigenvalue weighted by Gasteiger charge is -2.43. The molecule has 0 radical (unpaired) electrons. The average molecular weight is 702 g/mol. The topological polar surface area (TPSA) is 180 Å². The minimum absolute atomic E-state index is 0.0664. The summed E-state index contributed by atoms with van der Waals surface area (Å²) in [5.41, 5.74) is -0.486. The molecule has 3 saturated carbocycles. The molecule has 0 spiro atoms. The van der Waals surface area contributed by atoms with E-state index in [1.54, 1.807) is 4.90 Å². The summed E-state index contributed by atoms with van der Waals surface area (Å²) in [6.45, 7) is 6.00. The number of nitrogens with one attached hydrogen (secondary N) is 4. The number of piperidine rings is 1. The Balaban J connectivity index is 1.38. The Morgan fingerprint density at radius 3 is 2.43 bits per heavy atom. The fourth-order valence-electron chi connectivity index (χ4n) is 8.27.